The van der Waals surface area contributed by atoms with Gasteiger partial charge in [0.25, 0.3) is 0 Å². The van der Waals surface area contributed by atoms with Gasteiger partial charge in [0.15, 0.2) is 5.96 Å². The van der Waals surface area contributed by atoms with Gasteiger partial charge in [-0.15, -0.1) is 24.0 Å². The van der Waals surface area contributed by atoms with E-state index >= 15 is 0 Å². The number of carbonyl (C=O) groups excluding carboxylic acids is 1. The van der Waals surface area contributed by atoms with Gasteiger partial charge in [0, 0.05) is 37.7 Å². The van der Waals surface area contributed by atoms with E-state index in [2.05, 4.69) is 35.0 Å². The topological polar surface area (TPSA) is 84.0 Å². The summed E-state index contributed by atoms with van der Waals surface area (Å²) in [6.45, 7) is 10.6. The summed E-state index contributed by atoms with van der Waals surface area (Å²) in [5.41, 5.74) is 2.20. The summed E-state index contributed by atoms with van der Waals surface area (Å²) < 4.78 is 11.3. The van der Waals surface area contributed by atoms with E-state index < -0.39 is 0 Å². The highest BCUT2D eigenvalue weighted by molar-refractivity contribution is 14.0. The third kappa shape index (κ3) is 10.5. The molecule has 1 amide bonds. The molecule has 8 heteroatoms. The lowest BCUT2D eigenvalue weighted by atomic mass is 9.85. The normalized spacial score (nSPS) is 13.7. The SMILES string of the molecule is CCNC(=NCc1ccc(C)cc1OCCOCC)NCCCNC(=O)C1CCC1.I. The van der Waals surface area contributed by atoms with Crippen molar-refractivity contribution in [1.29, 1.82) is 0 Å². The van der Waals surface area contributed by atoms with Crippen molar-refractivity contribution in [3.8, 4) is 5.75 Å². The largest absolute Gasteiger partial charge is 0.491 e. The first-order valence-electron chi connectivity index (χ1n) is 11.2. The zero-order valence-corrected chi connectivity index (χ0v) is 21.5. The Balaban J connectivity index is 0.00000480. The molecule has 7 nitrogen and oxygen atoms in total. The number of aliphatic imine (C=N–C) groups is 1. The van der Waals surface area contributed by atoms with Crippen LogP contribution < -0.4 is 20.7 Å². The van der Waals surface area contributed by atoms with Gasteiger partial charge in [0.05, 0.1) is 13.2 Å². The number of aryl methyl sites for hydroxylation is 1. The van der Waals surface area contributed by atoms with Crippen molar-refractivity contribution < 1.29 is 14.3 Å². The summed E-state index contributed by atoms with van der Waals surface area (Å²) in [4.78, 5) is 16.6. The molecule has 1 aromatic rings. The fraction of sp³-hybridized carbons (Fsp3) is 0.652. The van der Waals surface area contributed by atoms with Crippen LogP contribution in [0.1, 0.15) is 50.7 Å². The lowest BCUT2D eigenvalue weighted by Gasteiger charge is -2.24. The molecule has 2 rings (SSSR count). The van der Waals surface area contributed by atoms with E-state index in [9.17, 15) is 4.79 Å². The molecular formula is C23H39IN4O3. The molecule has 0 atom stereocenters. The lowest BCUT2D eigenvalue weighted by molar-refractivity contribution is -0.127. The molecule has 176 valence electrons. The molecule has 1 aromatic carbocycles. The molecule has 0 saturated heterocycles. The van der Waals surface area contributed by atoms with Gasteiger partial charge in [-0.3, -0.25) is 4.79 Å². The predicted octanol–water partition coefficient (Wildman–Crippen LogP) is 3.39. The summed E-state index contributed by atoms with van der Waals surface area (Å²) in [6.07, 6.45) is 4.12. The Morgan fingerprint density at radius 2 is 1.90 bits per heavy atom. The molecular weight excluding hydrogens is 507 g/mol. The van der Waals surface area contributed by atoms with Gasteiger partial charge >= 0.3 is 0 Å². The quantitative estimate of drug-likeness (QED) is 0.153. The highest BCUT2D eigenvalue weighted by Crippen LogP contribution is 2.26. The fourth-order valence-electron chi connectivity index (χ4n) is 3.11. The molecule has 0 unspecified atom stereocenters. The van der Waals surface area contributed by atoms with Crippen molar-refractivity contribution in [2.45, 2.75) is 53.0 Å². The molecule has 1 aliphatic rings. The molecule has 1 saturated carbocycles. The number of nitrogens with one attached hydrogen (secondary N) is 3. The van der Waals surface area contributed by atoms with Crippen molar-refractivity contribution >= 4 is 35.8 Å². The van der Waals surface area contributed by atoms with Crippen LogP contribution in [0.5, 0.6) is 5.75 Å². The number of guanidine groups is 1. The summed E-state index contributed by atoms with van der Waals surface area (Å²) in [5.74, 6) is 2.08. The highest BCUT2D eigenvalue weighted by Gasteiger charge is 2.24. The summed E-state index contributed by atoms with van der Waals surface area (Å²) in [7, 11) is 0. The number of halogens is 1. The fourth-order valence-corrected chi connectivity index (χ4v) is 3.11. The highest BCUT2D eigenvalue weighted by atomic mass is 127. The van der Waals surface area contributed by atoms with Crippen LogP contribution in [0.2, 0.25) is 0 Å². The average Bonchev–Trinajstić information content (AvgIpc) is 2.68. The minimum absolute atomic E-state index is 0. The molecule has 0 heterocycles. The van der Waals surface area contributed by atoms with Crippen molar-refractivity contribution in [3.05, 3.63) is 29.3 Å². The van der Waals surface area contributed by atoms with Gasteiger partial charge in [-0.25, -0.2) is 4.99 Å². The van der Waals surface area contributed by atoms with E-state index in [0.717, 1.165) is 55.2 Å². The van der Waals surface area contributed by atoms with Crippen molar-refractivity contribution in [1.82, 2.24) is 16.0 Å². The number of carbonyl (C=O) groups is 1. The number of hydrogen-bond donors (Lipinski definition) is 3. The smallest absolute Gasteiger partial charge is 0.223 e. The molecule has 1 aliphatic carbocycles. The van der Waals surface area contributed by atoms with Gasteiger partial charge in [0.2, 0.25) is 5.91 Å². The Hall–Kier alpha value is -1.55. The molecule has 0 aliphatic heterocycles. The Morgan fingerprint density at radius 1 is 1.13 bits per heavy atom. The number of rotatable bonds is 13. The molecule has 1 fully saturated rings. The van der Waals surface area contributed by atoms with Crippen LogP contribution in [-0.2, 0) is 16.1 Å². The van der Waals surface area contributed by atoms with Gasteiger partial charge in [-0.1, -0.05) is 18.6 Å². The number of benzene rings is 1. The van der Waals surface area contributed by atoms with Crippen LogP contribution >= 0.6 is 24.0 Å². The van der Waals surface area contributed by atoms with E-state index in [-0.39, 0.29) is 35.8 Å². The zero-order valence-electron chi connectivity index (χ0n) is 19.2. The number of hydrogen-bond acceptors (Lipinski definition) is 4. The van der Waals surface area contributed by atoms with Crippen molar-refractivity contribution in [3.63, 3.8) is 0 Å². The lowest BCUT2D eigenvalue weighted by Crippen LogP contribution is -2.39. The van der Waals surface area contributed by atoms with Gasteiger partial charge in [-0.2, -0.15) is 0 Å². The third-order valence-corrected chi connectivity index (χ3v) is 5.08. The standard InChI is InChI=1S/C23H38N4O3.HI/c1-4-24-23(26-13-7-12-25-22(28)19-8-6-9-19)27-17-20-11-10-18(3)16-21(20)30-15-14-29-5-2;/h10-11,16,19H,4-9,12-15,17H2,1-3H3,(H,25,28)(H2,24,26,27);1H. The Bertz CT molecular complexity index is 681. The van der Waals surface area contributed by atoms with Gasteiger partial charge < -0.3 is 25.4 Å². The Kier molecular flexibility index (Phi) is 14.3. The molecule has 0 aromatic heterocycles. The Morgan fingerprint density at radius 3 is 2.58 bits per heavy atom. The minimum Gasteiger partial charge on any atom is -0.491 e. The molecule has 31 heavy (non-hydrogen) atoms. The molecule has 0 spiro atoms. The summed E-state index contributed by atoms with van der Waals surface area (Å²) >= 11 is 0. The number of amides is 1. The van der Waals surface area contributed by atoms with E-state index in [1.54, 1.807) is 0 Å². The first kappa shape index (κ1) is 27.5. The second-order valence-corrected chi connectivity index (χ2v) is 7.55. The first-order valence-corrected chi connectivity index (χ1v) is 11.2. The van der Waals surface area contributed by atoms with Crippen LogP contribution in [0.25, 0.3) is 0 Å². The van der Waals surface area contributed by atoms with Crippen LogP contribution in [-0.4, -0.2) is 51.3 Å². The summed E-state index contributed by atoms with van der Waals surface area (Å²) in [5, 5.41) is 9.63. The van der Waals surface area contributed by atoms with Crippen LogP contribution in [0.4, 0.5) is 0 Å². The van der Waals surface area contributed by atoms with Crippen molar-refractivity contribution in [2.24, 2.45) is 10.9 Å². The van der Waals surface area contributed by atoms with E-state index in [4.69, 9.17) is 14.5 Å². The van der Waals surface area contributed by atoms with Crippen molar-refractivity contribution in [2.75, 3.05) is 39.5 Å². The summed E-state index contributed by atoms with van der Waals surface area (Å²) in [6, 6.07) is 6.18. The molecule has 0 radical (unpaired) electrons. The average molecular weight is 546 g/mol. The maximum absolute atomic E-state index is 11.9. The molecule has 3 N–H and O–H groups in total. The predicted molar refractivity (Wildman–Crippen MR) is 136 cm³/mol. The number of ether oxygens (including phenoxy) is 2. The second-order valence-electron chi connectivity index (χ2n) is 7.55. The minimum atomic E-state index is 0. The van der Waals surface area contributed by atoms with Gasteiger partial charge in [0.1, 0.15) is 12.4 Å². The monoisotopic (exact) mass is 546 g/mol. The van der Waals surface area contributed by atoms with E-state index in [1.807, 2.05) is 19.9 Å². The first-order chi connectivity index (χ1) is 14.6. The second kappa shape index (κ2) is 16.1. The maximum Gasteiger partial charge on any atom is 0.223 e. The Labute approximate surface area is 204 Å². The van der Waals surface area contributed by atoms with Crippen LogP contribution in [0.3, 0.4) is 0 Å². The van der Waals surface area contributed by atoms with Crippen LogP contribution in [0.15, 0.2) is 23.2 Å². The number of nitrogens with zero attached hydrogens (tertiary/aromatic N) is 1. The van der Waals surface area contributed by atoms with Gasteiger partial charge in [-0.05, 0) is 51.7 Å². The van der Waals surface area contributed by atoms with Crippen LogP contribution in [0, 0.1) is 12.8 Å². The zero-order chi connectivity index (χ0) is 21.6. The molecule has 0 bridgehead atoms. The van der Waals surface area contributed by atoms with E-state index in [0.29, 0.717) is 32.9 Å². The maximum atomic E-state index is 11.9. The third-order valence-electron chi connectivity index (χ3n) is 5.08. The van der Waals surface area contributed by atoms with E-state index in [1.165, 1.54) is 6.42 Å².